The quantitative estimate of drug-likeness (QED) is 0.671. The van der Waals surface area contributed by atoms with Gasteiger partial charge in [0, 0.05) is 0 Å². The average molecular weight is 301 g/mol. The number of hydrogen-bond acceptors (Lipinski definition) is 4. The second-order valence-electron chi connectivity index (χ2n) is 5.17. The maximum Gasteiger partial charge on any atom is 0.407 e. The largest absolute Gasteiger partial charge is 0.491 e. The van der Waals surface area contributed by atoms with Crippen molar-refractivity contribution in [3.05, 3.63) is 29.3 Å². The first-order valence-corrected chi connectivity index (χ1v) is 6.27. The second kappa shape index (κ2) is 7.01. The minimum Gasteiger partial charge on any atom is -0.491 e. The van der Waals surface area contributed by atoms with Crippen LogP contribution in [0.2, 0.25) is 0 Å². The molecule has 7 heteroatoms. The Balaban J connectivity index is 2.49. The number of alkyl carbamates (subject to hydrolysis) is 1. The summed E-state index contributed by atoms with van der Waals surface area (Å²) in [6, 6.07) is 2.01. The third kappa shape index (κ3) is 5.37. The summed E-state index contributed by atoms with van der Waals surface area (Å²) in [6.45, 7) is 5.24. The van der Waals surface area contributed by atoms with Gasteiger partial charge in [-0.05, 0) is 32.9 Å². The number of benzene rings is 1. The van der Waals surface area contributed by atoms with Crippen LogP contribution in [0.25, 0.3) is 0 Å². The molecule has 116 valence electrons. The molecule has 0 unspecified atom stereocenters. The molecule has 1 rings (SSSR count). The summed E-state index contributed by atoms with van der Waals surface area (Å²) in [6.07, 6.45) is -0.443. The molecule has 0 saturated heterocycles. The molecule has 0 aliphatic heterocycles. The molecule has 1 amide bonds. The standard InChI is InChI=1S/C14H17F2NO4/c1-14(2,3)21-13(19)17-6-7-20-11-5-4-10(15)12(16)9(11)8-18/h4-5,8H,6-7H2,1-3H3,(H,17,19). The van der Waals surface area contributed by atoms with Crippen LogP contribution in [0, 0.1) is 11.6 Å². The molecule has 0 spiro atoms. The van der Waals surface area contributed by atoms with Gasteiger partial charge < -0.3 is 14.8 Å². The number of ether oxygens (including phenoxy) is 2. The van der Waals surface area contributed by atoms with E-state index in [9.17, 15) is 18.4 Å². The topological polar surface area (TPSA) is 64.6 Å². The van der Waals surface area contributed by atoms with Crippen molar-refractivity contribution >= 4 is 12.4 Å². The first-order valence-electron chi connectivity index (χ1n) is 6.27. The second-order valence-corrected chi connectivity index (χ2v) is 5.17. The van der Waals surface area contributed by atoms with Crippen molar-refractivity contribution in [2.75, 3.05) is 13.2 Å². The molecule has 0 aromatic heterocycles. The maximum atomic E-state index is 13.3. The van der Waals surface area contributed by atoms with E-state index in [0.717, 1.165) is 12.1 Å². The van der Waals surface area contributed by atoms with Crippen LogP contribution in [0.3, 0.4) is 0 Å². The normalized spacial score (nSPS) is 10.9. The van der Waals surface area contributed by atoms with Crippen molar-refractivity contribution in [3.8, 4) is 5.75 Å². The first kappa shape index (κ1) is 16.9. The zero-order valence-corrected chi connectivity index (χ0v) is 12.0. The van der Waals surface area contributed by atoms with Crippen molar-refractivity contribution in [1.29, 1.82) is 0 Å². The van der Waals surface area contributed by atoms with Gasteiger partial charge in [0.15, 0.2) is 17.9 Å². The smallest absolute Gasteiger partial charge is 0.407 e. The van der Waals surface area contributed by atoms with Crippen molar-refractivity contribution in [1.82, 2.24) is 5.32 Å². The van der Waals surface area contributed by atoms with Crippen molar-refractivity contribution in [3.63, 3.8) is 0 Å². The van der Waals surface area contributed by atoms with Gasteiger partial charge in [0.2, 0.25) is 0 Å². The van der Waals surface area contributed by atoms with E-state index in [1.807, 2.05) is 0 Å². The molecule has 0 aliphatic carbocycles. The molecular formula is C14H17F2NO4. The molecule has 0 heterocycles. The summed E-state index contributed by atoms with van der Waals surface area (Å²) in [5.41, 5.74) is -1.11. The Labute approximate surface area is 121 Å². The molecule has 0 atom stereocenters. The summed E-state index contributed by atoms with van der Waals surface area (Å²) < 4.78 is 36.4. The molecule has 1 aromatic rings. The molecule has 1 aromatic carbocycles. The lowest BCUT2D eigenvalue weighted by Gasteiger charge is -2.19. The van der Waals surface area contributed by atoms with Crippen LogP contribution < -0.4 is 10.1 Å². The van der Waals surface area contributed by atoms with E-state index in [-0.39, 0.29) is 25.2 Å². The van der Waals surface area contributed by atoms with E-state index < -0.39 is 28.9 Å². The molecular weight excluding hydrogens is 284 g/mol. The monoisotopic (exact) mass is 301 g/mol. The minimum atomic E-state index is -1.26. The minimum absolute atomic E-state index is 0.0227. The van der Waals surface area contributed by atoms with Gasteiger partial charge in [-0.2, -0.15) is 0 Å². The van der Waals surface area contributed by atoms with E-state index >= 15 is 0 Å². The highest BCUT2D eigenvalue weighted by atomic mass is 19.2. The van der Waals surface area contributed by atoms with Crippen LogP contribution in [-0.2, 0) is 4.74 Å². The third-order valence-corrected chi connectivity index (χ3v) is 2.24. The van der Waals surface area contributed by atoms with Gasteiger partial charge in [0.1, 0.15) is 18.0 Å². The Morgan fingerprint density at radius 2 is 2.00 bits per heavy atom. The maximum absolute atomic E-state index is 13.3. The molecule has 1 N–H and O–H groups in total. The molecule has 0 radical (unpaired) electrons. The van der Waals surface area contributed by atoms with Crippen LogP contribution in [0.5, 0.6) is 5.75 Å². The summed E-state index contributed by atoms with van der Waals surface area (Å²) in [7, 11) is 0. The highest BCUT2D eigenvalue weighted by molar-refractivity contribution is 5.79. The van der Waals surface area contributed by atoms with Crippen LogP contribution in [0.1, 0.15) is 31.1 Å². The highest BCUT2D eigenvalue weighted by Gasteiger charge is 2.16. The summed E-state index contributed by atoms with van der Waals surface area (Å²) in [4.78, 5) is 22.1. The lowest BCUT2D eigenvalue weighted by molar-refractivity contribution is 0.0520. The Kier molecular flexibility index (Phi) is 5.63. The SMILES string of the molecule is CC(C)(C)OC(=O)NCCOc1ccc(F)c(F)c1C=O. The zero-order chi connectivity index (χ0) is 16.0. The molecule has 0 bridgehead atoms. The molecule has 0 fully saturated rings. The van der Waals surface area contributed by atoms with Crippen LogP contribution in [0.15, 0.2) is 12.1 Å². The summed E-state index contributed by atoms with van der Waals surface area (Å²) in [5, 5.41) is 2.43. The third-order valence-electron chi connectivity index (χ3n) is 2.24. The van der Waals surface area contributed by atoms with Crippen LogP contribution in [-0.4, -0.2) is 31.1 Å². The van der Waals surface area contributed by atoms with Gasteiger partial charge in [0.05, 0.1) is 12.1 Å². The van der Waals surface area contributed by atoms with Gasteiger partial charge in [-0.15, -0.1) is 0 Å². The zero-order valence-electron chi connectivity index (χ0n) is 12.0. The number of carbonyl (C=O) groups excluding carboxylic acids is 2. The summed E-state index contributed by atoms with van der Waals surface area (Å²) in [5.74, 6) is -2.48. The number of amides is 1. The van der Waals surface area contributed by atoms with E-state index in [1.165, 1.54) is 0 Å². The Morgan fingerprint density at radius 3 is 2.57 bits per heavy atom. The van der Waals surface area contributed by atoms with E-state index in [2.05, 4.69) is 5.32 Å². The van der Waals surface area contributed by atoms with Gasteiger partial charge in [0.25, 0.3) is 0 Å². The fraction of sp³-hybridized carbons (Fsp3) is 0.429. The first-order chi connectivity index (χ1) is 9.74. The van der Waals surface area contributed by atoms with Gasteiger partial charge >= 0.3 is 6.09 Å². The predicted molar refractivity (Wildman–Crippen MR) is 71.5 cm³/mol. The van der Waals surface area contributed by atoms with E-state index in [1.54, 1.807) is 20.8 Å². The molecule has 0 aliphatic rings. The average Bonchev–Trinajstić information content (AvgIpc) is 2.36. The number of halogens is 2. The molecule has 5 nitrogen and oxygen atoms in total. The number of nitrogens with one attached hydrogen (secondary N) is 1. The Hall–Kier alpha value is -2.18. The predicted octanol–water partition coefficient (Wildman–Crippen LogP) is 2.68. The number of hydrogen-bond donors (Lipinski definition) is 1. The van der Waals surface area contributed by atoms with Gasteiger partial charge in [-0.1, -0.05) is 0 Å². The Morgan fingerprint density at radius 1 is 1.33 bits per heavy atom. The van der Waals surface area contributed by atoms with E-state index in [4.69, 9.17) is 9.47 Å². The van der Waals surface area contributed by atoms with Crippen LogP contribution in [0.4, 0.5) is 13.6 Å². The molecule has 21 heavy (non-hydrogen) atoms. The fourth-order valence-electron chi connectivity index (χ4n) is 1.41. The fourth-order valence-corrected chi connectivity index (χ4v) is 1.41. The van der Waals surface area contributed by atoms with Gasteiger partial charge in [-0.3, -0.25) is 4.79 Å². The Bertz CT molecular complexity index is 526. The highest BCUT2D eigenvalue weighted by Crippen LogP contribution is 2.21. The van der Waals surface area contributed by atoms with Gasteiger partial charge in [-0.25, -0.2) is 13.6 Å². The number of carbonyl (C=O) groups is 2. The van der Waals surface area contributed by atoms with Crippen molar-refractivity contribution in [2.24, 2.45) is 0 Å². The number of aldehydes is 1. The van der Waals surface area contributed by atoms with Crippen molar-refractivity contribution < 1.29 is 27.8 Å². The number of rotatable bonds is 5. The lowest BCUT2D eigenvalue weighted by Crippen LogP contribution is -2.34. The van der Waals surface area contributed by atoms with Crippen molar-refractivity contribution in [2.45, 2.75) is 26.4 Å². The van der Waals surface area contributed by atoms with Crippen LogP contribution >= 0.6 is 0 Å². The summed E-state index contributed by atoms with van der Waals surface area (Å²) >= 11 is 0. The van der Waals surface area contributed by atoms with E-state index in [0.29, 0.717) is 0 Å². The molecule has 0 saturated carbocycles. The lowest BCUT2D eigenvalue weighted by atomic mass is 10.2.